The zero-order valence-electron chi connectivity index (χ0n) is 8.69. The highest BCUT2D eigenvalue weighted by Crippen LogP contribution is 2.18. The molecular weight excluding hydrogens is 232 g/mol. The number of carboxylic acid groups (broad SMARTS) is 1. The number of halogens is 2. The molecule has 0 fully saturated rings. The first-order valence-corrected chi connectivity index (χ1v) is 4.60. The lowest BCUT2D eigenvalue weighted by Crippen LogP contribution is -2.10. The summed E-state index contributed by atoms with van der Waals surface area (Å²) in [4.78, 5) is 10.8. The van der Waals surface area contributed by atoms with Crippen molar-refractivity contribution in [1.29, 1.82) is 0 Å². The van der Waals surface area contributed by atoms with Crippen LogP contribution >= 0.6 is 0 Å². The Hall–Kier alpha value is -2.31. The van der Waals surface area contributed by atoms with Gasteiger partial charge in [0.2, 0.25) is 0 Å². The number of hydrogen-bond donors (Lipinski definition) is 1. The molecule has 0 atom stereocenters. The Bertz CT molecular complexity index is 595. The van der Waals surface area contributed by atoms with E-state index in [0.29, 0.717) is 0 Å². The van der Waals surface area contributed by atoms with Gasteiger partial charge in [-0.1, -0.05) is 5.21 Å². The maximum absolute atomic E-state index is 13.6. The van der Waals surface area contributed by atoms with Gasteiger partial charge >= 0.3 is 5.97 Å². The number of aromatic carboxylic acids is 1. The van der Waals surface area contributed by atoms with Crippen molar-refractivity contribution in [3.8, 4) is 5.69 Å². The third-order valence-corrected chi connectivity index (χ3v) is 2.22. The summed E-state index contributed by atoms with van der Waals surface area (Å²) in [5, 5.41) is 15.6. The van der Waals surface area contributed by atoms with Crippen LogP contribution in [-0.4, -0.2) is 26.1 Å². The Morgan fingerprint density at radius 1 is 1.35 bits per heavy atom. The summed E-state index contributed by atoms with van der Waals surface area (Å²) in [6, 6.07) is 1.85. The van der Waals surface area contributed by atoms with Gasteiger partial charge in [-0.3, -0.25) is 0 Å². The van der Waals surface area contributed by atoms with Crippen molar-refractivity contribution >= 4 is 5.97 Å². The number of carbonyl (C=O) groups is 1. The fourth-order valence-electron chi connectivity index (χ4n) is 1.36. The molecule has 0 saturated heterocycles. The summed E-state index contributed by atoms with van der Waals surface area (Å²) < 4.78 is 27.6. The van der Waals surface area contributed by atoms with Crippen molar-refractivity contribution < 1.29 is 18.7 Å². The number of hydrogen-bond acceptors (Lipinski definition) is 3. The maximum atomic E-state index is 13.6. The molecule has 0 aliphatic carbocycles. The molecule has 0 saturated carbocycles. The second-order valence-corrected chi connectivity index (χ2v) is 3.39. The van der Waals surface area contributed by atoms with Crippen molar-refractivity contribution in [1.82, 2.24) is 15.0 Å². The largest absolute Gasteiger partial charge is 0.476 e. The van der Waals surface area contributed by atoms with E-state index < -0.39 is 17.6 Å². The third kappa shape index (κ3) is 1.86. The lowest BCUT2D eigenvalue weighted by Gasteiger charge is -2.06. The first kappa shape index (κ1) is 11.2. The van der Waals surface area contributed by atoms with Crippen molar-refractivity contribution in [3.63, 3.8) is 0 Å². The van der Waals surface area contributed by atoms with Gasteiger partial charge in [-0.2, -0.15) is 0 Å². The molecular formula is C10H7F2N3O2. The van der Waals surface area contributed by atoms with E-state index in [1.807, 2.05) is 0 Å². The molecule has 0 amide bonds. The van der Waals surface area contributed by atoms with Crippen molar-refractivity contribution in [2.24, 2.45) is 0 Å². The molecule has 0 radical (unpaired) electrons. The number of aryl methyl sites for hydroxylation is 1. The molecule has 0 aliphatic heterocycles. The van der Waals surface area contributed by atoms with Crippen LogP contribution in [0.5, 0.6) is 0 Å². The standard InChI is InChI=1S/C10H7F2N3O2/c1-5-2-7(12)8(3-6(5)11)15-9(10(16)17)4-13-14-15/h2-4H,1H3,(H,16,17). The Morgan fingerprint density at radius 3 is 2.71 bits per heavy atom. The Balaban J connectivity index is 2.64. The summed E-state index contributed by atoms with van der Waals surface area (Å²) in [5.74, 6) is -2.74. The van der Waals surface area contributed by atoms with Crippen LogP contribution < -0.4 is 0 Å². The first-order valence-electron chi connectivity index (χ1n) is 4.60. The van der Waals surface area contributed by atoms with E-state index in [1.165, 1.54) is 6.92 Å². The smallest absolute Gasteiger partial charge is 0.356 e. The molecule has 1 heterocycles. The molecule has 17 heavy (non-hydrogen) atoms. The number of benzene rings is 1. The predicted octanol–water partition coefficient (Wildman–Crippen LogP) is 1.55. The van der Waals surface area contributed by atoms with Gasteiger partial charge in [0, 0.05) is 6.07 Å². The van der Waals surface area contributed by atoms with Gasteiger partial charge < -0.3 is 5.11 Å². The van der Waals surface area contributed by atoms with Gasteiger partial charge in [0.25, 0.3) is 0 Å². The van der Waals surface area contributed by atoms with Gasteiger partial charge in [0.05, 0.1) is 6.20 Å². The summed E-state index contributed by atoms with van der Waals surface area (Å²) in [6.45, 7) is 1.40. The van der Waals surface area contributed by atoms with Crippen molar-refractivity contribution in [2.45, 2.75) is 6.92 Å². The minimum absolute atomic E-state index is 0.128. The number of nitrogens with zero attached hydrogens (tertiary/aromatic N) is 3. The van der Waals surface area contributed by atoms with Crippen LogP contribution in [0.4, 0.5) is 8.78 Å². The molecule has 0 unspecified atom stereocenters. The summed E-state index contributed by atoms with van der Waals surface area (Å²) in [7, 11) is 0. The van der Waals surface area contributed by atoms with Crippen LogP contribution in [0.2, 0.25) is 0 Å². The highest BCUT2D eigenvalue weighted by molar-refractivity contribution is 5.85. The maximum Gasteiger partial charge on any atom is 0.356 e. The zero-order valence-corrected chi connectivity index (χ0v) is 8.69. The van der Waals surface area contributed by atoms with Gasteiger partial charge in [0.15, 0.2) is 5.69 Å². The number of aromatic nitrogens is 3. The minimum atomic E-state index is -1.32. The topological polar surface area (TPSA) is 68.0 Å². The summed E-state index contributed by atoms with van der Waals surface area (Å²) >= 11 is 0. The van der Waals surface area contributed by atoms with Crippen LogP contribution in [0.3, 0.4) is 0 Å². The molecule has 0 bridgehead atoms. The monoisotopic (exact) mass is 239 g/mol. The van der Waals surface area contributed by atoms with Crippen molar-refractivity contribution in [2.75, 3.05) is 0 Å². The molecule has 5 nitrogen and oxygen atoms in total. The fourth-order valence-corrected chi connectivity index (χ4v) is 1.36. The van der Waals surface area contributed by atoms with Crippen molar-refractivity contribution in [3.05, 3.63) is 41.2 Å². The summed E-state index contributed by atoms with van der Waals surface area (Å²) in [6.07, 6.45) is 0.958. The fraction of sp³-hybridized carbons (Fsp3) is 0.100. The quantitative estimate of drug-likeness (QED) is 0.863. The van der Waals surface area contributed by atoms with E-state index in [9.17, 15) is 13.6 Å². The van der Waals surface area contributed by atoms with E-state index in [0.717, 1.165) is 23.0 Å². The summed E-state index contributed by atoms with van der Waals surface area (Å²) in [5.41, 5.74) is -0.501. The minimum Gasteiger partial charge on any atom is -0.476 e. The van der Waals surface area contributed by atoms with Gasteiger partial charge in [-0.15, -0.1) is 5.10 Å². The van der Waals surface area contributed by atoms with E-state index in [2.05, 4.69) is 10.3 Å². The average Bonchev–Trinajstić information content (AvgIpc) is 2.72. The Morgan fingerprint density at radius 2 is 2.06 bits per heavy atom. The van der Waals surface area contributed by atoms with Crippen LogP contribution in [0.15, 0.2) is 18.3 Å². The second kappa shape index (κ2) is 3.93. The third-order valence-electron chi connectivity index (χ3n) is 2.22. The molecule has 1 aromatic heterocycles. The molecule has 0 spiro atoms. The Labute approximate surface area is 94.3 Å². The molecule has 7 heteroatoms. The van der Waals surface area contributed by atoms with Crippen LogP contribution in [0, 0.1) is 18.6 Å². The van der Waals surface area contributed by atoms with Crippen LogP contribution in [-0.2, 0) is 0 Å². The lowest BCUT2D eigenvalue weighted by molar-refractivity contribution is 0.0687. The highest BCUT2D eigenvalue weighted by atomic mass is 19.1. The second-order valence-electron chi connectivity index (χ2n) is 3.39. The first-order chi connectivity index (χ1) is 8.00. The Kier molecular flexibility index (Phi) is 2.58. The highest BCUT2D eigenvalue weighted by Gasteiger charge is 2.17. The molecule has 2 aromatic rings. The number of carboxylic acids is 1. The molecule has 88 valence electrons. The van der Waals surface area contributed by atoms with E-state index in [-0.39, 0.29) is 16.9 Å². The lowest BCUT2D eigenvalue weighted by atomic mass is 10.2. The van der Waals surface area contributed by atoms with Gasteiger partial charge in [0.1, 0.15) is 17.3 Å². The van der Waals surface area contributed by atoms with Crippen LogP contribution in [0.1, 0.15) is 16.1 Å². The normalized spacial score (nSPS) is 10.5. The van der Waals surface area contributed by atoms with Gasteiger partial charge in [-0.25, -0.2) is 18.3 Å². The SMILES string of the molecule is Cc1cc(F)c(-n2nncc2C(=O)O)cc1F. The van der Waals surface area contributed by atoms with E-state index in [4.69, 9.17) is 5.11 Å². The molecule has 1 aromatic carbocycles. The predicted molar refractivity (Wildman–Crippen MR) is 53.0 cm³/mol. The zero-order chi connectivity index (χ0) is 12.6. The van der Waals surface area contributed by atoms with Gasteiger partial charge in [-0.05, 0) is 18.6 Å². The van der Waals surface area contributed by atoms with E-state index >= 15 is 0 Å². The number of rotatable bonds is 2. The molecule has 0 aliphatic rings. The average molecular weight is 239 g/mol. The molecule has 2 rings (SSSR count). The molecule has 1 N–H and O–H groups in total. The van der Waals surface area contributed by atoms with E-state index in [1.54, 1.807) is 0 Å². The van der Waals surface area contributed by atoms with Crippen LogP contribution in [0.25, 0.3) is 5.69 Å².